The van der Waals surface area contributed by atoms with Crippen LogP contribution in [0.15, 0.2) is 0 Å². The lowest BCUT2D eigenvalue weighted by molar-refractivity contribution is 0.227. The number of hydrogen-bond donors (Lipinski definition) is 1. The van der Waals surface area contributed by atoms with E-state index in [1.807, 2.05) is 0 Å². The minimum absolute atomic E-state index is 0. The molecule has 0 bridgehead atoms. The van der Waals surface area contributed by atoms with Gasteiger partial charge in [0, 0.05) is 18.9 Å². The molecule has 1 saturated heterocycles. The molecule has 2 fully saturated rings. The lowest BCUT2D eigenvalue weighted by atomic mass is 9.87. The van der Waals surface area contributed by atoms with Gasteiger partial charge in [-0.1, -0.05) is 39.0 Å². The Hall–Kier alpha value is 0.250. The standard InChI is InChI=1S/C12H23N.ClH.H2/c1-3-4-5-6-7-8-12-9-11(12,2)13-10-12;;/h13H,3-10H2,1-2H3;2*1H. The van der Waals surface area contributed by atoms with E-state index in [-0.39, 0.29) is 13.8 Å². The highest BCUT2D eigenvalue weighted by atomic mass is 35.5. The molecule has 2 rings (SSSR count). The molecule has 14 heavy (non-hydrogen) atoms. The predicted molar refractivity (Wildman–Crippen MR) is 66.2 cm³/mol. The molecule has 1 saturated carbocycles. The number of nitrogens with one attached hydrogen (secondary N) is 1. The monoisotopic (exact) mass is 219 g/mol. The maximum absolute atomic E-state index is 3.55. The van der Waals surface area contributed by atoms with Gasteiger partial charge in [0.15, 0.2) is 0 Å². The van der Waals surface area contributed by atoms with Crippen LogP contribution in [0.5, 0.6) is 0 Å². The van der Waals surface area contributed by atoms with Crippen LogP contribution in [0.4, 0.5) is 0 Å². The van der Waals surface area contributed by atoms with Gasteiger partial charge in [0.25, 0.3) is 0 Å². The topological polar surface area (TPSA) is 12.0 Å². The second-order valence-electron chi connectivity index (χ2n) is 5.31. The summed E-state index contributed by atoms with van der Waals surface area (Å²) in [5.74, 6) is 0. The third kappa shape index (κ3) is 1.94. The van der Waals surface area contributed by atoms with Crippen molar-refractivity contribution in [1.29, 1.82) is 0 Å². The first-order chi connectivity index (χ1) is 6.22. The predicted octanol–water partition coefficient (Wildman–Crippen LogP) is 3.77. The van der Waals surface area contributed by atoms with Crippen molar-refractivity contribution in [2.75, 3.05) is 6.54 Å². The van der Waals surface area contributed by atoms with Crippen molar-refractivity contribution in [2.24, 2.45) is 5.41 Å². The Balaban J connectivity index is 0.000000980. The molecule has 0 aromatic heterocycles. The molecule has 1 N–H and O–H groups in total. The molecule has 0 aromatic carbocycles. The van der Waals surface area contributed by atoms with E-state index in [1.165, 1.54) is 51.5 Å². The summed E-state index contributed by atoms with van der Waals surface area (Å²) in [6, 6.07) is 0. The smallest absolute Gasteiger partial charge is 0.0229 e. The summed E-state index contributed by atoms with van der Waals surface area (Å²) in [7, 11) is 0. The summed E-state index contributed by atoms with van der Waals surface area (Å²) in [6.45, 7) is 5.98. The number of halogens is 1. The molecule has 2 aliphatic rings. The second-order valence-corrected chi connectivity index (χ2v) is 5.31. The van der Waals surface area contributed by atoms with Gasteiger partial charge in [-0.05, 0) is 19.8 Å². The molecular formula is C12H26ClN. The van der Waals surface area contributed by atoms with Gasteiger partial charge in [0.2, 0.25) is 0 Å². The zero-order valence-corrected chi connectivity index (χ0v) is 10.4. The van der Waals surface area contributed by atoms with Crippen LogP contribution in [0.1, 0.15) is 60.2 Å². The maximum atomic E-state index is 3.55. The van der Waals surface area contributed by atoms with Crippen LogP contribution in [-0.4, -0.2) is 12.1 Å². The van der Waals surface area contributed by atoms with Gasteiger partial charge in [0.05, 0.1) is 0 Å². The summed E-state index contributed by atoms with van der Waals surface area (Å²) >= 11 is 0. The number of fused-ring (bicyclic) bond motifs is 1. The number of unbranched alkanes of at least 4 members (excludes halogenated alkanes) is 4. The zero-order chi connectivity index (χ0) is 9.36. The van der Waals surface area contributed by atoms with Crippen molar-refractivity contribution in [3.63, 3.8) is 0 Å². The third-order valence-corrected chi connectivity index (χ3v) is 4.31. The number of rotatable bonds is 6. The third-order valence-electron chi connectivity index (χ3n) is 4.31. The quantitative estimate of drug-likeness (QED) is 0.671. The molecule has 0 radical (unpaired) electrons. The molecule has 2 heteroatoms. The first kappa shape index (κ1) is 12.3. The summed E-state index contributed by atoms with van der Waals surface area (Å²) in [4.78, 5) is 0. The van der Waals surface area contributed by atoms with Gasteiger partial charge in [0.1, 0.15) is 0 Å². The largest absolute Gasteiger partial charge is 0.310 e. The Morgan fingerprint density at radius 2 is 1.93 bits per heavy atom. The van der Waals surface area contributed by atoms with Crippen molar-refractivity contribution < 1.29 is 1.43 Å². The Kier molecular flexibility index (Phi) is 3.87. The fourth-order valence-corrected chi connectivity index (χ4v) is 2.92. The summed E-state index contributed by atoms with van der Waals surface area (Å²) < 4.78 is 0. The van der Waals surface area contributed by atoms with Crippen LogP contribution in [0.3, 0.4) is 0 Å². The Labute approximate surface area is 95.9 Å². The lowest BCUT2D eigenvalue weighted by Crippen LogP contribution is -2.50. The van der Waals surface area contributed by atoms with E-state index >= 15 is 0 Å². The van der Waals surface area contributed by atoms with E-state index in [2.05, 4.69) is 19.2 Å². The summed E-state index contributed by atoms with van der Waals surface area (Å²) in [5.41, 5.74) is 1.34. The van der Waals surface area contributed by atoms with E-state index in [0.717, 1.165) is 5.41 Å². The molecule has 0 amide bonds. The lowest BCUT2D eigenvalue weighted by Gasteiger charge is -2.34. The molecule has 1 heterocycles. The fourth-order valence-electron chi connectivity index (χ4n) is 2.92. The Bertz CT molecular complexity index is 200. The van der Waals surface area contributed by atoms with Crippen LogP contribution in [0.25, 0.3) is 0 Å². The van der Waals surface area contributed by atoms with Crippen molar-refractivity contribution in [3.05, 3.63) is 0 Å². The summed E-state index contributed by atoms with van der Waals surface area (Å²) in [5, 5.41) is 3.55. The van der Waals surface area contributed by atoms with Gasteiger partial charge < -0.3 is 5.32 Å². The Morgan fingerprint density at radius 3 is 2.36 bits per heavy atom. The Morgan fingerprint density at radius 1 is 1.21 bits per heavy atom. The van der Waals surface area contributed by atoms with Crippen LogP contribution < -0.4 is 5.32 Å². The van der Waals surface area contributed by atoms with Gasteiger partial charge in [-0.2, -0.15) is 0 Å². The average molecular weight is 220 g/mol. The van der Waals surface area contributed by atoms with E-state index in [9.17, 15) is 0 Å². The van der Waals surface area contributed by atoms with Crippen molar-refractivity contribution in [1.82, 2.24) is 5.32 Å². The molecule has 2 atom stereocenters. The summed E-state index contributed by atoms with van der Waals surface area (Å²) in [6.07, 6.45) is 10.1. The molecule has 1 aliphatic heterocycles. The van der Waals surface area contributed by atoms with Crippen molar-refractivity contribution in [3.8, 4) is 0 Å². The highest BCUT2D eigenvalue weighted by molar-refractivity contribution is 5.85. The molecule has 1 aliphatic carbocycles. The van der Waals surface area contributed by atoms with Crippen LogP contribution in [-0.2, 0) is 0 Å². The zero-order valence-electron chi connectivity index (χ0n) is 9.57. The fraction of sp³-hybridized carbons (Fsp3) is 1.00. The highest BCUT2D eigenvalue weighted by Gasteiger charge is 2.70. The van der Waals surface area contributed by atoms with Crippen molar-refractivity contribution >= 4 is 12.4 Å². The normalized spacial score (nSPS) is 38.1. The molecule has 0 aromatic rings. The van der Waals surface area contributed by atoms with E-state index in [0.29, 0.717) is 5.54 Å². The van der Waals surface area contributed by atoms with Crippen LogP contribution in [0, 0.1) is 5.41 Å². The minimum atomic E-state index is 0. The van der Waals surface area contributed by atoms with Gasteiger partial charge in [-0.15, -0.1) is 12.4 Å². The first-order valence-corrected chi connectivity index (χ1v) is 5.97. The molecule has 2 unspecified atom stereocenters. The van der Waals surface area contributed by atoms with Crippen molar-refractivity contribution in [2.45, 2.75) is 64.3 Å². The van der Waals surface area contributed by atoms with E-state index < -0.39 is 0 Å². The molecular weight excluding hydrogens is 194 g/mol. The van der Waals surface area contributed by atoms with Gasteiger partial charge in [-0.25, -0.2) is 0 Å². The maximum Gasteiger partial charge on any atom is 0.0229 e. The minimum Gasteiger partial charge on any atom is -0.310 e. The molecule has 1 nitrogen and oxygen atoms in total. The molecule has 86 valence electrons. The van der Waals surface area contributed by atoms with Gasteiger partial charge >= 0.3 is 0 Å². The average Bonchev–Trinajstić information content (AvgIpc) is 2.52. The van der Waals surface area contributed by atoms with Gasteiger partial charge in [-0.3, -0.25) is 0 Å². The molecule has 0 spiro atoms. The van der Waals surface area contributed by atoms with Crippen LogP contribution >= 0.6 is 12.4 Å². The van der Waals surface area contributed by atoms with Crippen LogP contribution in [0.2, 0.25) is 0 Å². The second kappa shape index (κ2) is 4.40. The van der Waals surface area contributed by atoms with E-state index in [4.69, 9.17) is 0 Å². The highest BCUT2D eigenvalue weighted by Crippen LogP contribution is 2.64. The van der Waals surface area contributed by atoms with E-state index in [1.54, 1.807) is 0 Å². The number of hydrogen-bond acceptors (Lipinski definition) is 1. The first-order valence-electron chi connectivity index (χ1n) is 5.97. The SMILES string of the molecule is CCCCCCCC12CNC1(C)C2.Cl.[HH].